The lowest BCUT2D eigenvalue weighted by molar-refractivity contribution is 0.0803. The Morgan fingerprint density at radius 2 is 1.56 bits per heavy atom. The summed E-state index contributed by atoms with van der Waals surface area (Å²) in [6.45, 7) is 2.94. The third-order valence-electron chi connectivity index (χ3n) is 10.6. The highest BCUT2D eigenvalue weighted by Gasteiger charge is 2.37. The van der Waals surface area contributed by atoms with Crippen LogP contribution in [0.4, 0.5) is 5.69 Å². The van der Waals surface area contributed by atoms with E-state index >= 15 is 0 Å². The van der Waals surface area contributed by atoms with E-state index in [1.165, 1.54) is 24.0 Å². The smallest absolute Gasteiger partial charge is 0.258 e. The molecule has 3 aromatic rings. The van der Waals surface area contributed by atoms with Crippen LogP contribution in [-0.4, -0.2) is 50.1 Å². The van der Waals surface area contributed by atoms with E-state index in [1.54, 1.807) is 20.3 Å². The largest absolute Gasteiger partial charge is 0.493 e. The molecule has 280 valence electrons. The van der Waals surface area contributed by atoms with Crippen LogP contribution in [0.25, 0.3) is 11.6 Å². The van der Waals surface area contributed by atoms with Crippen molar-refractivity contribution in [3.8, 4) is 23.0 Å². The third-order valence-corrected chi connectivity index (χ3v) is 10.6. The van der Waals surface area contributed by atoms with E-state index in [0.717, 1.165) is 35.2 Å². The number of methoxy groups -OCH3 is 2. The molecule has 2 aliphatic heterocycles. The Kier molecular flexibility index (Phi) is 11.4. The van der Waals surface area contributed by atoms with Gasteiger partial charge >= 0.3 is 0 Å². The Bertz CT molecular complexity index is 2030. The molecule has 2 N–H and O–H groups in total. The minimum absolute atomic E-state index is 0.00812. The number of nitrogens with two attached hydrogens (primary N) is 1. The molecule has 2 aliphatic carbocycles. The molecule has 7 rings (SSSR count). The minimum atomic E-state index is 0.00812. The summed E-state index contributed by atoms with van der Waals surface area (Å²) in [4.78, 5) is 29.2. The fourth-order valence-corrected chi connectivity index (χ4v) is 7.50. The van der Waals surface area contributed by atoms with Gasteiger partial charge in [-0.15, -0.1) is 0 Å². The number of rotatable bonds is 10. The number of ether oxygens (including phenoxy) is 4. The third kappa shape index (κ3) is 8.49. The summed E-state index contributed by atoms with van der Waals surface area (Å²) in [7, 11) is 3.18. The van der Waals surface area contributed by atoms with E-state index in [0.29, 0.717) is 84.9 Å². The second kappa shape index (κ2) is 16.7. The van der Waals surface area contributed by atoms with Crippen molar-refractivity contribution in [3.05, 3.63) is 125 Å². The number of nitrogens with zero attached hydrogens (tertiary/aromatic N) is 1. The van der Waals surface area contributed by atoms with Gasteiger partial charge in [0.1, 0.15) is 0 Å². The number of carbonyl (C=O) groups excluding carboxylic acids is 2. The molecule has 0 aromatic heterocycles. The van der Waals surface area contributed by atoms with Crippen LogP contribution in [0.1, 0.15) is 89.3 Å². The molecule has 3 aromatic carbocycles. The van der Waals surface area contributed by atoms with E-state index in [1.807, 2.05) is 65.6 Å². The molecule has 2 heterocycles. The Morgan fingerprint density at radius 1 is 0.833 bits per heavy atom. The molecule has 8 heteroatoms. The van der Waals surface area contributed by atoms with Crippen LogP contribution in [0.15, 0.2) is 96.8 Å². The number of nitrogen functional groups attached to an aromatic ring is 1. The summed E-state index contributed by atoms with van der Waals surface area (Å²) >= 11 is 0. The van der Waals surface area contributed by atoms with E-state index in [-0.39, 0.29) is 17.7 Å². The number of benzene rings is 3. The zero-order chi connectivity index (χ0) is 37.6. The molecular weight excluding hydrogens is 677 g/mol. The van der Waals surface area contributed by atoms with Gasteiger partial charge in [-0.2, -0.15) is 0 Å². The van der Waals surface area contributed by atoms with Crippen LogP contribution in [0.3, 0.4) is 0 Å². The van der Waals surface area contributed by atoms with E-state index < -0.39 is 0 Å². The fourth-order valence-electron chi connectivity index (χ4n) is 7.50. The first-order valence-electron chi connectivity index (χ1n) is 19.1. The average molecular weight is 727 g/mol. The van der Waals surface area contributed by atoms with Crippen LogP contribution in [0.2, 0.25) is 0 Å². The van der Waals surface area contributed by atoms with Crippen molar-refractivity contribution in [2.45, 2.75) is 64.3 Å². The lowest BCUT2D eigenvalue weighted by Gasteiger charge is -2.25. The number of hydrogen-bond donors (Lipinski definition) is 1. The first-order valence-corrected chi connectivity index (χ1v) is 19.1. The summed E-state index contributed by atoms with van der Waals surface area (Å²) in [6, 6.07) is 15.4. The number of carbonyl (C=O) groups is 2. The first-order chi connectivity index (χ1) is 26.3. The molecule has 1 fully saturated rings. The topological polar surface area (TPSA) is 100 Å². The Morgan fingerprint density at radius 3 is 2.28 bits per heavy atom. The maximum Gasteiger partial charge on any atom is 0.258 e. The Balaban J connectivity index is 1.01. The summed E-state index contributed by atoms with van der Waals surface area (Å²) < 4.78 is 23.8. The molecule has 0 spiro atoms. The number of anilines is 1. The highest BCUT2D eigenvalue weighted by molar-refractivity contribution is 6.00. The maximum absolute atomic E-state index is 13.7. The van der Waals surface area contributed by atoms with Gasteiger partial charge < -0.3 is 29.6 Å². The molecular formula is C46H50N2O6. The minimum Gasteiger partial charge on any atom is -0.493 e. The molecule has 1 amide bonds. The highest BCUT2D eigenvalue weighted by atomic mass is 16.5. The molecule has 54 heavy (non-hydrogen) atoms. The van der Waals surface area contributed by atoms with Gasteiger partial charge in [-0.05, 0) is 115 Å². The molecule has 1 saturated carbocycles. The van der Waals surface area contributed by atoms with Gasteiger partial charge in [0.25, 0.3) is 5.91 Å². The van der Waals surface area contributed by atoms with Crippen molar-refractivity contribution in [1.82, 2.24) is 4.90 Å². The lowest BCUT2D eigenvalue weighted by Crippen LogP contribution is -2.33. The normalized spacial score (nSPS) is 22.6. The zero-order valence-corrected chi connectivity index (χ0v) is 31.5. The Hall–Kier alpha value is -5.50. The predicted octanol–water partition coefficient (Wildman–Crippen LogP) is 9.41. The van der Waals surface area contributed by atoms with Crippen LogP contribution in [-0.2, 0) is 6.42 Å². The fraction of sp³-hybridized carbons (Fsp3) is 0.348. The number of fused-ring (bicyclic) bond motifs is 3. The van der Waals surface area contributed by atoms with E-state index in [2.05, 4.69) is 37.4 Å². The Labute approximate surface area is 318 Å². The monoisotopic (exact) mass is 726 g/mol. The highest BCUT2D eigenvalue weighted by Crippen LogP contribution is 2.43. The molecule has 0 bridgehead atoms. The van der Waals surface area contributed by atoms with Crippen LogP contribution in [0, 0.1) is 11.8 Å². The first kappa shape index (κ1) is 36.8. The molecule has 8 nitrogen and oxygen atoms in total. The van der Waals surface area contributed by atoms with Gasteiger partial charge in [-0.3, -0.25) is 9.59 Å². The summed E-state index contributed by atoms with van der Waals surface area (Å²) in [6.07, 6.45) is 23.2. The SMILES string of the molecule is COc1cc2c(cc1OCCCOc1cc3c(cc1OC)C(=O)N1C=C(C4CC4)C[C@H]1/C=C/C3)/C=C/C=C/[C@@H](C)C/C(c1ccc(N)cc1)=C\CCC2=O. The molecule has 4 aliphatic rings. The zero-order valence-electron chi connectivity index (χ0n) is 31.5. The standard InChI is InChI=1S/C46H50N2O6/c1-30-9-4-5-10-34-25-44(42(51-2)27-39(34)41(49)14-7-11-33(23-30)31-17-19-37(47)20-18-31)53-21-8-22-54-45-26-35-12-6-13-38-24-36(32-15-16-32)29-48(38)46(50)40(35)28-43(45)52-3/h4-6,9-11,13,17-20,25-30,32,38H,7-8,12,14-16,21-24,47H2,1-3H3/b9-4+,10-5+,13-6+,33-11+/t30-,38-/m1/s1. The van der Waals surface area contributed by atoms with Gasteiger partial charge in [0, 0.05) is 35.9 Å². The summed E-state index contributed by atoms with van der Waals surface area (Å²) in [5.41, 5.74) is 13.3. The second-order valence-electron chi connectivity index (χ2n) is 14.6. The number of hydrogen-bond acceptors (Lipinski definition) is 7. The lowest BCUT2D eigenvalue weighted by atomic mass is 9.93. The van der Waals surface area contributed by atoms with Crippen molar-refractivity contribution in [2.75, 3.05) is 33.2 Å². The van der Waals surface area contributed by atoms with Crippen molar-refractivity contribution in [2.24, 2.45) is 11.8 Å². The van der Waals surface area contributed by atoms with Crippen LogP contribution < -0.4 is 24.7 Å². The molecule has 2 atom stereocenters. The van der Waals surface area contributed by atoms with E-state index in [9.17, 15) is 9.59 Å². The van der Waals surface area contributed by atoms with Crippen molar-refractivity contribution in [1.29, 1.82) is 0 Å². The number of Topliss-reactive ketones (excluding diaryl/α,β-unsaturated/α-hetero) is 1. The molecule has 0 unspecified atom stereocenters. The van der Waals surface area contributed by atoms with Gasteiger partial charge in [-0.25, -0.2) is 0 Å². The van der Waals surface area contributed by atoms with Gasteiger partial charge in [0.05, 0.1) is 33.5 Å². The molecule has 0 radical (unpaired) electrons. The van der Waals surface area contributed by atoms with Crippen molar-refractivity contribution < 1.29 is 28.5 Å². The van der Waals surface area contributed by atoms with Gasteiger partial charge in [0.15, 0.2) is 28.8 Å². The second-order valence-corrected chi connectivity index (χ2v) is 14.6. The van der Waals surface area contributed by atoms with Crippen molar-refractivity contribution >= 4 is 29.0 Å². The number of allylic oxidation sites excluding steroid dienone is 6. The predicted molar refractivity (Wildman–Crippen MR) is 214 cm³/mol. The maximum atomic E-state index is 13.7. The van der Waals surface area contributed by atoms with Crippen LogP contribution in [0.5, 0.6) is 23.0 Å². The quantitative estimate of drug-likeness (QED) is 0.126. The van der Waals surface area contributed by atoms with Gasteiger partial charge in [-0.1, -0.05) is 61.6 Å². The van der Waals surface area contributed by atoms with Crippen LogP contribution >= 0.6 is 0 Å². The summed E-state index contributed by atoms with van der Waals surface area (Å²) in [5.74, 6) is 3.18. The molecule has 0 saturated heterocycles. The van der Waals surface area contributed by atoms with E-state index in [4.69, 9.17) is 24.7 Å². The summed E-state index contributed by atoms with van der Waals surface area (Å²) in [5, 5.41) is 0. The van der Waals surface area contributed by atoms with Gasteiger partial charge in [0.2, 0.25) is 0 Å². The average Bonchev–Trinajstić information content (AvgIpc) is 3.94. The van der Waals surface area contributed by atoms with Crippen molar-refractivity contribution in [3.63, 3.8) is 0 Å². The number of amides is 1. The number of ketones is 1.